The molecule has 1 aromatic carbocycles. The third kappa shape index (κ3) is 2.88. The molecule has 1 heterocycles. The third-order valence-corrected chi connectivity index (χ3v) is 4.67. The fourth-order valence-corrected chi connectivity index (χ4v) is 2.59. The average molecular weight is 352 g/mol. The summed E-state index contributed by atoms with van der Waals surface area (Å²) >= 11 is 8.34. The fourth-order valence-electron chi connectivity index (χ4n) is 2.07. The molecule has 88 valence electrons. The van der Waals surface area contributed by atoms with E-state index in [0.717, 1.165) is 40.2 Å². The third-order valence-electron chi connectivity index (χ3n) is 3.10. The Labute approximate surface area is 115 Å². The van der Waals surface area contributed by atoms with E-state index in [0.29, 0.717) is 5.92 Å². The van der Waals surface area contributed by atoms with Crippen molar-refractivity contribution >= 4 is 34.2 Å². The molecule has 1 aromatic rings. The molecular weight excluding hydrogens is 336 g/mol. The van der Waals surface area contributed by atoms with Gasteiger partial charge in [-0.2, -0.15) is 0 Å². The second-order valence-corrected chi connectivity index (χ2v) is 5.72. The minimum absolute atomic E-state index is 0.0819. The molecule has 0 aromatic heterocycles. The van der Waals surface area contributed by atoms with Crippen LogP contribution in [0.3, 0.4) is 0 Å². The van der Waals surface area contributed by atoms with Gasteiger partial charge in [0.2, 0.25) is 0 Å². The predicted octanol–water partition coefficient (Wildman–Crippen LogP) is 3.37. The number of nitrogens with two attached hydrogens (primary N) is 1. The number of ether oxygens (including phenoxy) is 1. The summed E-state index contributed by atoms with van der Waals surface area (Å²) in [4.78, 5) is 0. The van der Waals surface area contributed by atoms with Crippen LogP contribution in [-0.4, -0.2) is 13.2 Å². The normalized spacial score (nSPS) is 19.7. The van der Waals surface area contributed by atoms with E-state index in [9.17, 15) is 0 Å². The standard InChI is InChI=1S/C12H15ClINO/c13-10-7-9(1-2-11(10)14)12(15)8-3-5-16-6-4-8/h1-2,7-8,12H,3-6,15H2. The first kappa shape index (κ1) is 12.6. The second kappa shape index (κ2) is 5.67. The topological polar surface area (TPSA) is 35.2 Å². The summed E-state index contributed by atoms with van der Waals surface area (Å²) in [6, 6.07) is 6.17. The highest BCUT2D eigenvalue weighted by Gasteiger charge is 2.22. The summed E-state index contributed by atoms with van der Waals surface area (Å²) in [6.07, 6.45) is 2.09. The van der Waals surface area contributed by atoms with Gasteiger partial charge in [0.05, 0.1) is 5.02 Å². The van der Waals surface area contributed by atoms with Gasteiger partial charge in [-0.3, -0.25) is 0 Å². The van der Waals surface area contributed by atoms with Crippen molar-refractivity contribution in [2.24, 2.45) is 11.7 Å². The number of hydrogen-bond donors (Lipinski definition) is 1. The summed E-state index contributed by atoms with van der Waals surface area (Å²) in [7, 11) is 0. The molecule has 0 spiro atoms. The Morgan fingerprint density at radius 2 is 2.06 bits per heavy atom. The molecule has 1 unspecified atom stereocenters. The largest absolute Gasteiger partial charge is 0.381 e. The molecular formula is C12H15ClINO. The monoisotopic (exact) mass is 351 g/mol. The van der Waals surface area contributed by atoms with Gasteiger partial charge in [0, 0.05) is 22.8 Å². The van der Waals surface area contributed by atoms with Crippen LogP contribution in [0.15, 0.2) is 18.2 Å². The van der Waals surface area contributed by atoms with Crippen molar-refractivity contribution in [2.45, 2.75) is 18.9 Å². The van der Waals surface area contributed by atoms with Gasteiger partial charge in [-0.25, -0.2) is 0 Å². The first-order chi connectivity index (χ1) is 7.68. The SMILES string of the molecule is NC(c1ccc(I)c(Cl)c1)C1CCOCC1. The first-order valence-electron chi connectivity index (χ1n) is 5.47. The van der Waals surface area contributed by atoms with Crippen LogP contribution in [0.5, 0.6) is 0 Å². The summed E-state index contributed by atoms with van der Waals surface area (Å²) in [5.74, 6) is 0.518. The predicted molar refractivity (Wildman–Crippen MR) is 74.6 cm³/mol. The highest BCUT2D eigenvalue weighted by molar-refractivity contribution is 14.1. The van der Waals surface area contributed by atoms with Crippen LogP contribution in [0.1, 0.15) is 24.4 Å². The van der Waals surface area contributed by atoms with Gasteiger partial charge in [0.25, 0.3) is 0 Å². The second-order valence-electron chi connectivity index (χ2n) is 4.15. The molecule has 2 N–H and O–H groups in total. The molecule has 0 saturated carbocycles. The van der Waals surface area contributed by atoms with Crippen LogP contribution < -0.4 is 5.73 Å². The van der Waals surface area contributed by atoms with E-state index in [-0.39, 0.29) is 6.04 Å². The van der Waals surface area contributed by atoms with E-state index in [2.05, 4.69) is 28.7 Å². The Bertz CT molecular complexity index is 366. The smallest absolute Gasteiger partial charge is 0.0542 e. The van der Waals surface area contributed by atoms with Crippen molar-refractivity contribution in [3.8, 4) is 0 Å². The van der Waals surface area contributed by atoms with Crippen LogP contribution in [-0.2, 0) is 4.74 Å². The lowest BCUT2D eigenvalue weighted by Crippen LogP contribution is -2.27. The molecule has 0 amide bonds. The molecule has 1 atom stereocenters. The first-order valence-corrected chi connectivity index (χ1v) is 6.92. The number of halogens is 2. The lowest BCUT2D eigenvalue weighted by atomic mass is 9.88. The maximum atomic E-state index is 6.27. The Kier molecular flexibility index (Phi) is 4.47. The Morgan fingerprint density at radius 3 is 2.69 bits per heavy atom. The summed E-state index contributed by atoms with van der Waals surface area (Å²) in [6.45, 7) is 1.66. The van der Waals surface area contributed by atoms with Gasteiger partial charge < -0.3 is 10.5 Å². The van der Waals surface area contributed by atoms with E-state index >= 15 is 0 Å². The van der Waals surface area contributed by atoms with Crippen molar-refractivity contribution < 1.29 is 4.74 Å². The van der Waals surface area contributed by atoms with Crippen LogP contribution in [0.4, 0.5) is 0 Å². The minimum atomic E-state index is 0.0819. The molecule has 0 bridgehead atoms. The Hall–Kier alpha value is 0.160. The molecule has 1 aliphatic heterocycles. The zero-order valence-electron chi connectivity index (χ0n) is 8.96. The van der Waals surface area contributed by atoms with Crippen LogP contribution in [0, 0.1) is 9.49 Å². The van der Waals surface area contributed by atoms with Gasteiger partial charge in [0.1, 0.15) is 0 Å². The number of hydrogen-bond acceptors (Lipinski definition) is 2. The lowest BCUT2D eigenvalue weighted by Gasteiger charge is -2.28. The number of benzene rings is 1. The molecule has 4 heteroatoms. The molecule has 1 saturated heterocycles. The van der Waals surface area contributed by atoms with Crippen molar-refractivity contribution in [3.05, 3.63) is 32.4 Å². The van der Waals surface area contributed by atoms with E-state index in [1.807, 2.05) is 12.1 Å². The van der Waals surface area contributed by atoms with Gasteiger partial charge in [-0.15, -0.1) is 0 Å². The van der Waals surface area contributed by atoms with Gasteiger partial charge in [0.15, 0.2) is 0 Å². The molecule has 1 aliphatic rings. The average Bonchev–Trinajstić information content (AvgIpc) is 2.33. The Morgan fingerprint density at radius 1 is 1.38 bits per heavy atom. The Balaban J connectivity index is 2.12. The fraction of sp³-hybridized carbons (Fsp3) is 0.500. The van der Waals surface area contributed by atoms with Crippen molar-refractivity contribution in [2.75, 3.05) is 13.2 Å². The maximum Gasteiger partial charge on any atom is 0.0542 e. The quantitative estimate of drug-likeness (QED) is 0.829. The van der Waals surface area contributed by atoms with E-state index in [1.54, 1.807) is 0 Å². The van der Waals surface area contributed by atoms with Crippen LogP contribution >= 0.6 is 34.2 Å². The van der Waals surface area contributed by atoms with E-state index in [4.69, 9.17) is 22.1 Å². The van der Waals surface area contributed by atoms with Crippen LogP contribution in [0.2, 0.25) is 5.02 Å². The zero-order valence-corrected chi connectivity index (χ0v) is 11.9. The van der Waals surface area contributed by atoms with Gasteiger partial charge >= 0.3 is 0 Å². The van der Waals surface area contributed by atoms with Crippen molar-refractivity contribution in [1.29, 1.82) is 0 Å². The van der Waals surface area contributed by atoms with Crippen LogP contribution in [0.25, 0.3) is 0 Å². The molecule has 0 radical (unpaired) electrons. The van der Waals surface area contributed by atoms with Crippen molar-refractivity contribution in [3.63, 3.8) is 0 Å². The molecule has 2 nitrogen and oxygen atoms in total. The highest BCUT2D eigenvalue weighted by atomic mass is 127. The van der Waals surface area contributed by atoms with Crippen molar-refractivity contribution in [1.82, 2.24) is 0 Å². The maximum absolute atomic E-state index is 6.27. The molecule has 1 fully saturated rings. The molecule has 2 rings (SSSR count). The van der Waals surface area contributed by atoms with E-state index in [1.165, 1.54) is 0 Å². The summed E-state index contributed by atoms with van der Waals surface area (Å²) < 4.78 is 6.42. The molecule has 0 aliphatic carbocycles. The lowest BCUT2D eigenvalue weighted by molar-refractivity contribution is 0.0584. The van der Waals surface area contributed by atoms with Gasteiger partial charge in [-0.1, -0.05) is 17.7 Å². The minimum Gasteiger partial charge on any atom is -0.381 e. The van der Waals surface area contributed by atoms with E-state index < -0.39 is 0 Å². The highest BCUT2D eigenvalue weighted by Crippen LogP contribution is 2.30. The number of rotatable bonds is 2. The zero-order chi connectivity index (χ0) is 11.5. The van der Waals surface area contributed by atoms with Gasteiger partial charge in [-0.05, 0) is 59.0 Å². The molecule has 16 heavy (non-hydrogen) atoms. The summed E-state index contributed by atoms with van der Waals surface area (Å²) in [5.41, 5.74) is 7.41. The summed E-state index contributed by atoms with van der Waals surface area (Å²) in [5, 5.41) is 0.792.